The Labute approximate surface area is 178 Å². The van der Waals surface area contributed by atoms with Crippen molar-refractivity contribution in [3.63, 3.8) is 0 Å². The van der Waals surface area contributed by atoms with Crippen molar-refractivity contribution in [2.75, 3.05) is 45.8 Å². The Bertz CT molecular complexity index is 1090. The third-order valence-electron chi connectivity index (χ3n) is 4.84. The zero-order chi connectivity index (χ0) is 21.1. The van der Waals surface area contributed by atoms with E-state index in [1.807, 2.05) is 12.1 Å². The van der Waals surface area contributed by atoms with Crippen molar-refractivity contribution in [3.8, 4) is 11.5 Å². The fourth-order valence-corrected chi connectivity index (χ4v) is 3.51. The number of hydrogen-bond donors (Lipinski definition) is 1. The fraction of sp³-hybridized carbons (Fsp3) is 0.286. The number of nitrogens with one attached hydrogen (secondary N) is 1. The number of halogens is 1. The van der Waals surface area contributed by atoms with Crippen molar-refractivity contribution in [2.45, 2.75) is 0 Å². The number of aromatic nitrogens is 2. The van der Waals surface area contributed by atoms with Crippen LogP contribution in [0.15, 0.2) is 36.4 Å². The molecule has 9 heteroatoms. The Balaban J connectivity index is 1.68. The maximum atomic E-state index is 12.8. The molecule has 4 rings (SSSR count). The molecule has 0 unspecified atom stereocenters. The molecule has 0 atom stereocenters. The second kappa shape index (κ2) is 8.73. The van der Waals surface area contributed by atoms with Crippen LogP contribution < -0.4 is 14.8 Å². The molecule has 2 aromatic carbocycles. The Kier molecular flexibility index (Phi) is 5.87. The number of anilines is 2. The molecule has 1 fully saturated rings. The number of morpholine rings is 1. The van der Waals surface area contributed by atoms with Gasteiger partial charge in [-0.2, -0.15) is 4.98 Å². The maximum Gasteiger partial charge on any atom is 0.254 e. The van der Waals surface area contributed by atoms with Crippen molar-refractivity contribution in [1.82, 2.24) is 14.9 Å². The molecule has 3 aromatic rings. The predicted molar refractivity (Wildman–Crippen MR) is 114 cm³/mol. The highest BCUT2D eigenvalue weighted by atomic mass is 35.5. The molecule has 0 saturated carbocycles. The Morgan fingerprint density at radius 3 is 2.57 bits per heavy atom. The van der Waals surface area contributed by atoms with Crippen LogP contribution in [0.3, 0.4) is 0 Å². The summed E-state index contributed by atoms with van der Waals surface area (Å²) in [4.78, 5) is 23.2. The van der Waals surface area contributed by atoms with Crippen LogP contribution in [-0.4, -0.2) is 61.3 Å². The zero-order valence-electron chi connectivity index (χ0n) is 16.6. The van der Waals surface area contributed by atoms with Gasteiger partial charge in [-0.05, 0) is 35.9 Å². The van der Waals surface area contributed by atoms with Gasteiger partial charge in [-0.25, -0.2) is 4.98 Å². The smallest absolute Gasteiger partial charge is 0.254 e. The molecule has 8 nitrogen and oxygen atoms in total. The van der Waals surface area contributed by atoms with E-state index in [2.05, 4.69) is 15.3 Å². The summed E-state index contributed by atoms with van der Waals surface area (Å²) in [5, 5.41) is 4.05. The molecule has 1 amide bonds. The summed E-state index contributed by atoms with van der Waals surface area (Å²) in [6.45, 7) is 2.29. The van der Waals surface area contributed by atoms with E-state index in [1.165, 1.54) is 0 Å². The number of hydrogen-bond acceptors (Lipinski definition) is 7. The summed E-state index contributed by atoms with van der Waals surface area (Å²) in [6.07, 6.45) is 0. The van der Waals surface area contributed by atoms with Gasteiger partial charge in [0.2, 0.25) is 5.28 Å². The highest BCUT2D eigenvalue weighted by molar-refractivity contribution is 6.28. The predicted octanol–water partition coefficient (Wildman–Crippen LogP) is 3.52. The Morgan fingerprint density at radius 2 is 1.83 bits per heavy atom. The van der Waals surface area contributed by atoms with Gasteiger partial charge < -0.3 is 24.4 Å². The molecule has 0 bridgehead atoms. The second-order valence-corrected chi connectivity index (χ2v) is 7.01. The number of nitrogens with zero attached hydrogens (tertiary/aromatic N) is 3. The number of amides is 1. The van der Waals surface area contributed by atoms with Gasteiger partial charge in [0.15, 0.2) is 11.5 Å². The van der Waals surface area contributed by atoms with Crippen LogP contribution in [0.2, 0.25) is 5.28 Å². The van der Waals surface area contributed by atoms with Crippen LogP contribution in [0.4, 0.5) is 11.5 Å². The Hall–Kier alpha value is -3.10. The summed E-state index contributed by atoms with van der Waals surface area (Å²) in [5.74, 6) is 1.57. The van der Waals surface area contributed by atoms with Gasteiger partial charge in [-0.1, -0.05) is 6.07 Å². The van der Waals surface area contributed by atoms with E-state index in [-0.39, 0.29) is 11.2 Å². The third kappa shape index (κ3) is 4.10. The van der Waals surface area contributed by atoms with E-state index in [1.54, 1.807) is 43.4 Å². The number of rotatable bonds is 5. The minimum absolute atomic E-state index is 0.0288. The molecule has 0 radical (unpaired) electrons. The quantitative estimate of drug-likeness (QED) is 0.622. The molecular formula is C21H21ClN4O4. The highest BCUT2D eigenvalue weighted by Gasteiger charge is 2.19. The molecule has 156 valence electrons. The molecule has 1 aliphatic heterocycles. The molecule has 1 aliphatic rings. The highest BCUT2D eigenvalue weighted by Crippen LogP contribution is 2.35. The van der Waals surface area contributed by atoms with Crippen LogP contribution in [-0.2, 0) is 4.74 Å². The topological polar surface area (TPSA) is 85.8 Å². The number of fused-ring (bicyclic) bond motifs is 1. The number of carbonyl (C=O) groups excluding carboxylic acids is 1. The monoisotopic (exact) mass is 428 g/mol. The van der Waals surface area contributed by atoms with E-state index < -0.39 is 0 Å². The van der Waals surface area contributed by atoms with Gasteiger partial charge in [-0.15, -0.1) is 0 Å². The van der Waals surface area contributed by atoms with Crippen molar-refractivity contribution < 1.29 is 19.0 Å². The normalized spacial score (nSPS) is 13.9. The van der Waals surface area contributed by atoms with Crippen LogP contribution in [0.25, 0.3) is 10.9 Å². The van der Waals surface area contributed by atoms with Gasteiger partial charge in [0.25, 0.3) is 5.91 Å². The average molecular weight is 429 g/mol. The lowest BCUT2D eigenvalue weighted by atomic mass is 10.1. The van der Waals surface area contributed by atoms with Crippen LogP contribution >= 0.6 is 11.6 Å². The average Bonchev–Trinajstić information content (AvgIpc) is 2.78. The van der Waals surface area contributed by atoms with Crippen molar-refractivity contribution >= 4 is 39.9 Å². The minimum atomic E-state index is -0.0288. The number of benzene rings is 2. The standard InChI is InChI=1S/C21H21ClN4O4/c1-28-17-11-15-16(12-18(17)29-2)24-21(22)25-19(15)23-14-5-3-4-13(10-14)20(27)26-6-8-30-9-7-26/h3-5,10-12H,6-9H2,1-2H3,(H,23,24,25). The number of methoxy groups -OCH3 is 2. The van der Waals surface area contributed by atoms with E-state index >= 15 is 0 Å². The second-order valence-electron chi connectivity index (χ2n) is 6.68. The van der Waals surface area contributed by atoms with E-state index in [9.17, 15) is 4.79 Å². The first kappa shape index (κ1) is 20.2. The third-order valence-corrected chi connectivity index (χ3v) is 5.01. The largest absolute Gasteiger partial charge is 0.493 e. The Morgan fingerprint density at radius 1 is 1.10 bits per heavy atom. The maximum absolute atomic E-state index is 12.8. The summed E-state index contributed by atoms with van der Waals surface area (Å²) < 4.78 is 16.1. The summed E-state index contributed by atoms with van der Waals surface area (Å²) in [7, 11) is 3.12. The van der Waals surface area contributed by atoms with Gasteiger partial charge in [0.1, 0.15) is 5.82 Å². The molecule has 1 N–H and O–H groups in total. The number of ether oxygens (including phenoxy) is 3. The summed E-state index contributed by atoms with van der Waals surface area (Å²) in [5.41, 5.74) is 1.90. The van der Waals surface area contributed by atoms with Crippen LogP contribution in [0, 0.1) is 0 Å². The lowest BCUT2D eigenvalue weighted by molar-refractivity contribution is 0.0303. The first-order valence-corrected chi connectivity index (χ1v) is 9.80. The molecule has 1 aromatic heterocycles. The van der Waals surface area contributed by atoms with E-state index in [4.69, 9.17) is 25.8 Å². The summed E-state index contributed by atoms with van der Waals surface area (Å²) >= 11 is 6.14. The molecule has 1 saturated heterocycles. The minimum Gasteiger partial charge on any atom is -0.493 e. The van der Waals surface area contributed by atoms with Gasteiger partial charge in [-0.3, -0.25) is 4.79 Å². The lowest BCUT2D eigenvalue weighted by Crippen LogP contribution is -2.40. The van der Waals surface area contributed by atoms with Crippen molar-refractivity contribution in [1.29, 1.82) is 0 Å². The molecule has 0 aliphatic carbocycles. The fourth-order valence-electron chi connectivity index (χ4n) is 3.34. The van der Waals surface area contributed by atoms with Crippen LogP contribution in [0.1, 0.15) is 10.4 Å². The molecule has 0 spiro atoms. The SMILES string of the molecule is COc1cc2nc(Cl)nc(Nc3cccc(C(=O)N4CCOCC4)c3)c2cc1OC. The zero-order valence-corrected chi connectivity index (χ0v) is 17.4. The first-order chi connectivity index (χ1) is 14.6. The van der Waals surface area contributed by atoms with E-state index in [0.29, 0.717) is 65.8 Å². The number of carbonyl (C=O) groups is 1. The van der Waals surface area contributed by atoms with Crippen molar-refractivity contribution in [3.05, 3.63) is 47.2 Å². The van der Waals surface area contributed by atoms with E-state index in [0.717, 1.165) is 0 Å². The van der Waals surface area contributed by atoms with Gasteiger partial charge in [0.05, 0.1) is 33.0 Å². The van der Waals surface area contributed by atoms with Crippen LogP contribution in [0.5, 0.6) is 11.5 Å². The molecule has 30 heavy (non-hydrogen) atoms. The lowest BCUT2D eigenvalue weighted by Gasteiger charge is -2.27. The first-order valence-electron chi connectivity index (χ1n) is 9.42. The van der Waals surface area contributed by atoms with Crippen molar-refractivity contribution in [2.24, 2.45) is 0 Å². The molecule has 2 heterocycles. The van der Waals surface area contributed by atoms with Gasteiger partial charge >= 0.3 is 0 Å². The summed E-state index contributed by atoms with van der Waals surface area (Å²) in [6, 6.07) is 10.8. The molecular weight excluding hydrogens is 408 g/mol. The van der Waals surface area contributed by atoms with Gasteiger partial charge in [0, 0.05) is 35.8 Å².